The Morgan fingerprint density at radius 2 is 2.23 bits per heavy atom. The van der Waals surface area contributed by atoms with Crippen LogP contribution in [0.25, 0.3) is 0 Å². The molecule has 1 heterocycles. The Morgan fingerprint density at radius 1 is 1.45 bits per heavy atom. The molecule has 0 saturated heterocycles. The van der Waals surface area contributed by atoms with Crippen LogP contribution in [0.15, 0.2) is 18.2 Å². The van der Waals surface area contributed by atoms with Gasteiger partial charge in [0.15, 0.2) is 0 Å². The molecule has 0 spiro atoms. The molecule has 0 fully saturated rings. The van der Waals surface area contributed by atoms with Crippen LogP contribution in [-0.2, 0) is 9.53 Å². The summed E-state index contributed by atoms with van der Waals surface area (Å²) in [5.41, 5.74) is 1.27. The Balaban J connectivity index is 2.18. The molecule has 1 unspecified atom stereocenters. The first-order valence-corrected chi connectivity index (χ1v) is 7.52. The molecule has 1 aliphatic rings. The van der Waals surface area contributed by atoms with Crippen LogP contribution >= 0.6 is 0 Å². The average molecular weight is 306 g/mol. The summed E-state index contributed by atoms with van der Waals surface area (Å²) in [5, 5.41) is 3.13. The molecule has 0 aromatic heterocycles. The highest BCUT2D eigenvalue weighted by Gasteiger charge is 2.22. The minimum Gasteiger partial charge on any atom is -0.491 e. The molecule has 0 radical (unpaired) electrons. The zero-order valence-electron chi connectivity index (χ0n) is 13.2. The van der Waals surface area contributed by atoms with E-state index in [1.807, 2.05) is 6.92 Å². The van der Waals surface area contributed by atoms with Crippen LogP contribution in [-0.4, -0.2) is 49.6 Å². The summed E-state index contributed by atoms with van der Waals surface area (Å²) in [6, 6.07) is 4.84. The zero-order chi connectivity index (χ0) is 16.1. The van der Waals surface area contributed by atoms with Crippen molar-refractivity contribution in [2.24, 2.45) is 0 Å². The maximum atomic E-state index is 12.2. The number of carbonyl (C=O) groups excluding carboxylic acids is 2. The number of fused-ring (bicyclic) bond motifs is 1. The van der Waals surface area contributed by atoms with Crippen molar-refractivity contribution < 1.29 is 19.1 Å². The lowest BCUT2D eigenvalue weighted by Gasteiger charge is -2.18. The largest absolute Gasteiger partial charge is 0.491 e. The predicted molar refractivity (Wildman–Crippen MR) is 83.2 cm³/mol. The second kappa shape index (κ2) is 7.15. The molecule has 0 bridgehead atoms. The number of amides is 1. The topological polar surface area (TPSA) is 67.9 Å². The van der Waals surface area contributed by atoms with Gasteiger partial charge in [-0.2, -0.15) is 0 Å². The summed E-state index contributed by atoms with van der Waals surface area (Å²) in [6.45, 7) is 5.05. The Kier molecular flexibility index (Phi) is 5.25. The van der Waals surface area contributed by atoms with Crippen molar-refractivity contribution in [3.05, 3.63) is 23.8 Å². The van der Waals surface area contributed by atoms with E-state index in [-0.39, 0.29) is 11.9 Å². The van der Waals surface area contributed by atoms with Gasteiger partial charge in [0.25, 0.3) is 5.91 Å². The number of carbonyl (C=O) groups is 2. The molecule has 120 valence electrons. The van der Waals surface area contributed by atoms with Crippen LogP contribution in [0.5, 0.6) is 5.75 Å². The number of hydrogen-bond acceptors (Lipinski definition) is 5. The lowest BCUT2D eigenvalue weighted by atomic mass is 10.1. The van der Waals surface area contributed by atoms with Gasteiger partial charge in [0.1, 0.15) is 18.4 Å². The third-order valence-electron chi connectivity index (χ3n) is 3.56. The first-order chi connectivity index (χ1) is 10.6. The smallest absolute Gasteiger partial charge is 0.328 e. The summed E-state index contributed by atoms with van der Waals surface area (Å²) < 4.78 is 10.7. The van der Waals surface area contributed by atoms with Gasteiger partial charge in [0.05, 0.1) is 18.7 Å². The maximum Gasteiger partial charge on any atom is 0.328 e. The molecule has 1 amide bonds. The quantitative estimate of drug-likeness (QED) is 0.842. The SMILES string of the molecule is CCOC(=O)C(CC)Nc1ccc2c(c1)OCCN(C)C2=O. The first-order valence-electron chi connectivity index (χ1n) is 7.52. The van der Waals surface area contributed by atoms with Crippen molar-refractivity contribution in [2.45, 2.75) is 26.3 Å². The number of benzene rings is 1. The predicted octanol–water partition coefficient (Wildman–Crippen LogP) is 1.90. The summed E-state index contributed by atoms with van der Waals surface area (Å²) in [4.78, 5) is 25.6. The van der Waals surface area contributed by atoms with Crippen LogP contribution in [0, 0.1) is 0 Å². The van der Waals surface area contributed by atoms with Gasteiger partial charge < -0.3 is 19.7 Å². The maximum absolute atomic E-state index is 12.2. The standard InChI is InChI=1S/C16H22N2O4/c1-4-13(16(20)21-5-2)17-11-6-7-12-14(10-11)22-9-8-18(3)15(12)19/h6-7,10,13,17H,4-5,8-9H2,1-3H3. The summed E-state index contributed by atoms with van der Waals surface area (Å²) in [6.07, 6.45) is 0.610. The van der Waals surface area contributed by atoms with Crippen molar-refractivity contribution >= 4 is 17.6 Å². The Hall–Kier alpha value is -2.24. The number of rotatable bonds is 5. The van der Waals surface area contributed by atoms with Crippen molar-refractivity contribution in [3.63, 3.8) is 0 Å². The van der Waals surface area contributed by atoms with Gasteiger partial charge in [-0.1, -0.05) is 6.92 Å². The van der Waals surface area contributed by atoms with Crippen LogP contribution in [0.4, 0.5) is 5.69 Å². The van der Waals surface area contributed by atoms with Crippen LogP contribution in [0.3, 0.4) is 0 Å². The molecule has 1 aliphatic heterocycles. The van der Waals surface area contributed by atoms with Crippen molar-refractivity contribution in [3.8, 4) is 5.75 Å². The van der Waals surface area contributed by atoms with E-state index in [0.717, 1.165) is 5.69 Å². The minimum atomic E-state index is -0.415. The summed E-state index contributed by atoms with van der Waals surface area (Å²) in [7, 11) is 1.75. The number of ether oxygens (including phenoxy) is 2. The summed E-state index contributed by atoms with van der Waals surface area (Å²) >= 11 is 0. The highest BCUT2D eigenvalue weighted by molar-refractivity contribution is 5.97. The fourth-order valence-corrected chi connectivity index (χ4v) is 2.28. The van der Waals surface area contributed by atoms with Crippen LogP contribution in [0.1, 0.15) is 30.6 Å². The van der Waals surface area contributed by atoms with Gasteiger partial charge in [-0.3, -0.25) is 4.79 Å². The Bertz CT molecular complexity index is 559. The van der Waals surface area contributed by atoms with Gasteiger partial charge in [0.2, 0.25) is 0 Å². The molecule has 2 rings (SSSR count). The molecule has 1 atom stereocenters. The molecule has 1 aromatic carbocycles. The number of hydrogen-bond donors (Lipinski definition) is 1. The monoisotopic (exact) mass is 306 g/mol. The molecular weight excluding hydrogens is 284 g/mol. The van der Waals surface area contributed by atoms with Gasteiger partial charge in [-0.25, -0.2) is 4.79 Å². The average Bonchev–Trinajstić information content (AvgIpc) is 2.64. The fraction of sp³-hybridized carbons (Fsp3) is 0.500. The molecule has 0 aliphatic carbocycles. The summed E-state index contributed by atoms with van der Waals surface area (Å²) in [5.74, 6) is 0.200. The van der Waals surface area contributed by atoms with Crippen molar-refractivity contribution in [1.29, 1.82) is 0 Å². The van der Waals surface area contributed by atoms with Crippen molar-refractivity contribution in [1.82, 2.24) is 4.90 Å². The number of likely N-dealkylation sites (N-methyl/N-ethyl adjacent to an activating group) is 1. The minimum absolute atomic E-state index is 0.0588. The molecule has 22 heavy (non-hydrogen) atoms. The third kappa shape index (κ3) is 3.50. The normalized spacial score (nSPS) is 15.4. The number of anilines is 1. The van der Waals surface area contributed by atoms with Gasteiger partial charge in [-0.05, 0) is 25.5 Å². The molecule has 1 aromatic rings. The van der Waals surface area contributed by atoms with E-state index in [1.54, 1.807) is 37.1 Å². The van der Waals surface area contributed by atoms with Crippen LogP contribution < -0.4 is 10.1 Å². The van der Waals surface area contributed by atoms with E-state index in [2.05, 4.69) is 5.32 Å². The third-order valence-corrected chi connectivity index (χ3v) is 3.56. The van der Waals surface area contributed by atoms with Gasteiger partial charge in [0, 0.05) is 18.8 Å². The lowest BCUT2D eigenvalue weighted by molar-refractivity contribution is -0.144. The second-order valence-corrected chi connectivity index (χ2v) is 5.14. The van der Waals surface area contributed by atoms with Gasteiger partial charge >= 0.3 is 5.97 Å². The molecule has 6 heteroatoms. The number of nitrogens with zero attached hydrogens (tertiary/aromatic N) is 1. The molecule has 6 nitrogen and oxygen atoms in total. The molecular formula is C16H22N2O4. The second-order valence-electron chi connectivity index (χ2n) is 5.14. The number of nitrogens with one attached hydrogen (secondary N) is 1. The van der Waals surface area contributed by atoms with E-state index in [1.165, 1.54) is 0 Å². The van der Waals surface area contributed by atoms with Gasteiger partial charge in [-0.15, -0.1) is 0 Å². The van der Waals surface area contributed by atoms with E-state index in [0.29, 0.717) is 37.5 Å². The van der Waals surface area contributed by atoms with E-state index >= 15 is 0 Å². The highest BCUT2D eigenvalue weighted by Crippen LogP contribution is 2.27. The zero-order valence-corrected chi connectivity index (χ0v) is 13.2. The van der Waals surface area contributed by atoms with E-state index in [9.17, 15) is 9.59 Å². The van der Waals surface area contributed by atoms with Crippen molar-refractivity contribution in [2.75, 3.05) is 32.1 Å². The lowest BCUT2D eigenvalue weighted by Crippen LogP contribution is -2.30. The number of esters is 1. The van der Waals surface area contributed by atoms with E-state index < -0.39 is 6.04 Å². The Labute approximate surface area is 130 Å². The van der Waals surface area contributed by atoms with Crippen LogP contribution in [0.2, 0.25) is 0 Å². The first kappa shape index (κ1) is 16.1. The molecule has 0 saturated carbocycles. The van der Waals surface area contributed by atoms with E-state index in [4.69, 9.17) is 9.47 Å². The fourth-order valence-electron chi connectivity index (χ4n) is 2.28. The Morgan fingerprint density at radius 3 is 2.91 bits per heavy atom. The highest BCUT2D eigenvalue weighted by atomic mass is 16.5. The molecule has 1 N–H and O–H groups in total.